The molecule has 0 fully saturated rings. The zero-order valence-electron chi connectivity index (χ0n) is 20.0. The first kappa shape index (κ1) is 25.3. The van der Waals surface area contributed by atoms with E-state index in [0.717, 1.165) is 28.7 Å². The minimum atomic E-state index is -1.08. The minimum Gasteiger partial charge on any atom is -0.480 e. The average Bonchev–Trinajstić information content (AvgIpc) is 3.16. The van der Waals surface area contributed by atoms with Gasteiger partial charge in [0.25, 0.3) is 0 Å². The Morgan fingerprint density at radius 3 is 2.09 bits per heavy atom. The van der Waals surface area contributed by atoms with E-state index in [1.165, 1.54) is 0 Å². The van der Waals surface area contributed by atoms with E-state index in [4.69, 9.17) is 4.74 Å². The topological polar surface area (TPSA) is 105 Å². The lowest BCUT2D eigenvalue weighted by Crippen LogP contribution is -2.54. The Morgan fingerprint density at radius 1 is 0.971 bits per heavy atom. The molecule has 182 valence electrons. The lowest BCUT2D eigenvalue weighted by Gasteiger charge is -2.25. The quantitative estimate of drug-likeness (QED) is 0.445. The second kappa shape index (κ2) is 11.7. The number of hydrogen-bond acceptors (Lipinski definition) is 4. The van der Waals surface area contributed by atoms with Gasteiger partial charge in [-0.25, -0.2) is 9.59 Å². The van der Waals surface area contributed by atoms with Gasteiger partial charge in [-0.3, -0.25) is 4.79 Å². The van der Waals surface area contributed by atoms with Crippen molar-refractivity contribution >= 4 is 18.0 Å². The number of hydrogen-bond donors (Lipinski definition) is 3. The van der Waals surface area contributed by atoms with Crippen LogP contribution >= 0.6 is 0 Å². The summed E-state index contributed by atoms with van der Waals surface area (Å²) in [5, 5.41) is 14.7. The Balaban J connectivity index is 1.66. The summed E-state index contributed by atoms with van der Waals surface area (Å²) in [7, 11) is 0. The molecule has 1 aliphatic rings. The van der Waals surface area contributed by atoms with Crippen LogP contribution in [0.25, 0.3) is 11.1 Å². The molecule has 0 bridgehead atoms. The highest BCUT2D eigenvalue weighted by atomic mass is 16.5. The smallest absolute Gasteiger partial charge is 0.407 e. The van der Waals surface area contributed by atoms with Gasteiger partial charge in [-0.05, 0) is 34.6 Å². The number of carboxylic acids is 1. The molecule has 7 heteroatoms. The number of aliphatic carboxylic acids is 1. The molecule has 0 saturated heterocycles. The van der Waals surface area contributed by atoms with Crippen molar-refractivity contribution in [2.75, 3.05) is 6.61 Å². The molecular formula is C27H34N2O5. The van der Waals surface area contributed by atoms with E-state index in [9.17, 15) is 19.5 Å². The lowest BCUT2D eigenvalue weighted by atomic mass is 9.97. The molecule has 1 aliphatic carbocycles. The van der Waals surface area contributed by atoms with E-state index in [-0.39, 0.29) is 18.4 Å². The fraction of sp³-hybridized carbons (Fsp3) is 0.444. The second-order valence-electron chi connectivity index (χ2n) is 8.87. The van der Waals surface area contributed by atoms with Crippen LogP contribution in [-0.2, 0) is 14.3 Å². The number of benzene rings is 2. The number of carbonyl (C=O) groups excluding carboxylic acids is 2. The number of carbonyl (C=O) groups is 3. The summed E-state index contributed by atoms with van der Waals surface area (Å²) in [4.78, 5) is 37.2. The molecule has 0 spiro atoms. The summed E-state index contributed by atoms with van der Waals surface area (Å²) in [5.74, 6) is -1.86. The maximum atomic E-state index is 12.9. The Kier molecular flexibility index (Phi) is 8.68. The molecule has 3 rings (SSSR count). The number of nitrogens with one attached hydrogen (secondary N) is 2. The summed E-state index contributed by atoms with van der Waals surface area (Å²) >= 11 is 0. The van der Waals surface area contributed by atoms with Gasteiger partial charge >= 0.3 is 12.1 Å². The molecule has 3 atom stereocenters. The molecule has 3 N–H and O–H groups in total. The first-order valence-electron chi connectivity index (χ1n) is 12.0. The van der Waals surface area contributed by atoms with Gasteiger partial charge in [-0.15, -0.1) is 0 Å². The van der Waals surface area contributed by atoms with Crippen molar-refractivity contribution in [1.82, 2.24) is 10.6 Å². The molecule has 1 unspecified atom stereocenters. The van der Waals surface area contributed by atoms with E-state index in [1.54, 1.807) is 0 Å². The zero-order chi connectivity index (χ0) is 24.7. The molecule has 2 aromatic rings. The van der Waals surface area contributed by atoms with Gasteiger partial charge in [-0.1, -0.05) is 88.6 Å². The van der Waals surface area contributed by atoms with Crippen LogP contribution in [0, 0.1) is 5.92 Å². The van der Waals surface area contributed by atoms with Crippen molar-refractivity contribution in [3.05, 3.63) is 59.7 Å². The normalized spacial score (nSPS) is 14.9. The van der Waals surface area contributed by atoms with Gasteiger partial charge in [-0.2, -0.15) is 0 Å². The number of fused-ring (bicyclic) bond motifs is 3. The number of alkyl carbamates (subject to hydrolysis) is 1. The second-order valence-corrected chi connectivity index (χ2v) is 8.87. The molecule has 0 aromatic heterocycles. The largest absolute Gasteiger partial charge is 0.480 e. The van der Waals surface area contributed by atoms with Crippen molar-refractivity contribution in [1.29, 1.82) is 0 Å². The average molecular weight is 467 g/mol. The Morgan fingerprint density at radius 2 is 1.56 bits per heavy atom. The highest BCUT2D eigenvalue weighted by Gasteiger charge is 2.32. The van der Waals surface area contributed by atoms with Gasteiger partial charge in [0, 0.05) is 5.92 Å². The SMILES string of the molecule is CCCC[C@H](NC(=O)[C@@H](NC(=O)OCC1c2ccccc2-c2ccccc21)C(C)CC)C(=O)O. The minimum absolute atomic E-state index is 0.0838. The molecule has 0 aliphatic heterocycles. The fourth-order valence-corrected chi connectivity index (χ4v) is 4.40. The standard InChI is InChI=1S/C27H34N2O5/c1-4-6-15-23(26(31)32)28-25(30)24(17(3)5-2)29-27(33)34-16-22-20-13-9-7-11-18(20)19-12-8-10-14-21(19)22/h7-14,17,22-24H,4-6,15-16H2,1-3H3,(H,28,30)(H,29,33)(H,31,32)/t17?,23-,24-/m0/s1. The number of ether oxygens (including phenoxy) is 1. The number of unbranched alkanes of at least 4 members (excludes halogenated alkanes) is 1. The van der Waals surface area contributed by atoms with E-state index in [1.807, 2.05) is 57.2 Å². The third-order valence-corrected chi connectivity index (χ3v) is 6.57. The Bertz CT molecular complexity index is 976. The summed E-state index contributed by atoms with van der Waals surface area (Å²) in [5.41, 5.74) is 4.48. The number of amides is 2. The predicted molar refractivity (Wildman–Crippen MR) is 131 cm³/mol. The molecule has 0 radical (unpaired) electrons. The number of carboxylic acid groups (broad SMARTS) is 1. The van der Waals surface area contributed by atoms with Gasteiger partial charge in [0.05, 0.1) is 0 Å². The summed E-state index contributed by atoms with van der Waals surface area (Å²) < 4.78 is 5.59. The van der Waals surface area contributed by atoms with Crippen LogP contribution in [0.15, 0.2) is 48.5 Å². The predicted octanol–water partition coefficient (Wildman–Crippen LogP) is 4.70. The fourth-order valence-electron chi connectivity index (χ4n) is 4.40. The molecule has 7 nitrogen and oxygen atoms in total. The van der Waals surface area contributed by atoms with Crippen molar-refractivity contribution < 1.29 is 24.2 Å². The van der Waals surface area contributed by atoms with Gasteiger partial charge in [0.15, 0.2) is 0 Å². The first-order chi connectivity index (χ1) is 16.4. The molecular weight excluding hydrogens is 432 g/mol. The lowest BCUT2D eigenvalue weighted by molar-refractivity contribution is -0.142. The summed E-state index contributed by atoms with van der Waals surface area (Å²) in [6.45, 7) is 5.86. The number of rotatable bonds is 11. The van der Waals surface area contributed by atoms with Gasteiger partial charge in [0.2, 0.25) is 5.91 Å². The van der Waals surface area contributed by atoms with Gasteiger partial charge in [0.1, 0.15) is 18.7 Å². The van der Waals surface area contributed by atoms with Crippen LogP contribution in [-0.4, -0.2) is 41.8 Å². The van der Waals surface area contributed by atoms with Crippen LogP contribution in [0.2, 0.25) is 0 Å². The van der Waals surface area contributed by atoms with Crippen molar-refractivity contribution in [2.24, 2.45) is 5.92 Å². The maximum Gasteiger partial charge on any atom is 0.407 e. The molecule has 0 heterocycles. The third-order valence-electron chi connectivity index (χ3n) is 6.57. The summed E-state index contributed by atoms with van der Waals surface area (Å²) in [6, 6.07) is 14.3. The van der Waals surface area contributed by atoms with E-state index in [2.05, 4.69) is 22.8 Å². The van der Waals surface area contributed by atoms with Crippen molar-refractivity contribution in [3.63, 3.8) is 0 Å². The molecule has 0 saturated carbocycles. The first-order valence-corrected chi connectivity index (χ1v) is 12.0. The highest BCUT2D eigenvalue weighted by molar-refractivity contribution is 5.89. The maximum absolute atomic E-state index is 12.9. The van der Waals surface area contributed by atoms with E-state index in [0.29, 0.717) is 19.3 Å². The molecule has 34 heavy (non-hydrogen) atoms. The van der Waals surface area contributed by atoms with Crippen LogP contribution in [0.5, 0.6) is 0 Å². The monoisotopic (exact) mass is 466 g/mol. The molecule has 2 amide bonds. The molecule has 2 aromatic carbocycles. The third kappa shape index (κ3) is 5.76. The zero-order valence-corrected chi connectivity index (χ0v) is 20.0. The van der Waals surface area contributed by atoms with Crippen LogP contribution in [0.1, 0.15) is 63.5 Å². The van der Waals surface area contributed by atoms with Crippen LogP contribution < -0.4 is 10.6 Å². The Hall–Kier alpha value is -3.35. The van der Waals surface area contributed by atoms with E-state index >= 15 is 0 Å². The van der Waals surface area contributed by atoms with Gasteiger partial charge < -0.3 is 20.5 Å². The van der Waals surface area contributed by atoms with Crippen molar-refractivity contribution in [3.8, 4) is 11.1 Å². The van der Waals surface area contributed by atoms with Crippen LogP contribution in [0.4, 0.5) is 4.79 Å². The summed E-state index contributed by atoms with van der Waals surface area (Å²) in [6.07, 6.45) is 1.80. The Labute approximate surface area is 200 Å². The van der Waals surface area contributed by atoms with E-state index < -0.39 is 30.1 Å². The van der Waals surface area contributed by atoms with Crippen molar-refractivity contribution in [2.45, 2.75) is 64.5 Å². The highest BCUT2D eigenvalue weighted by Crippen LogP contribution is 2.44. The van der Waals surface area contributed by atoms with Crippen LogP contribution in [0.3, 0.4) is 0 Å².